The molecule has 2 heterocycles. The molecule has 4 rings (SSSR count). The highest BCUT2D eigenvalue weighted by atomic mass is 35.5. The van der Waals surface area contributed by atoms with Crippen LogP contribution in [0.1, 0.15) is 27.7 Å². The minimum Gasteiger partial charge on any atom is -0.463 e. The minimum absolute atomic E-state index is 0.0115. The second-order valence-corrected chi connectivity index (χ2v) is 9.46. The number of fused-ring (bicyclic) bond motifs is 1. The molecule has 0 aliphatic carbocycles. The maximum atomic E-state index is 11.8. The molecule has 1 saturated heterocycles. The average molecular weight is 531 g/mol. The monoisotopic (exact) mass is 530 g/mol. The first kappa shape index (κ1) is 26.4. The molecule has 0 spiro atoms. The molecular weight excluding hydrogens is 504 g/mol. The third-order valence-electron chi connectivity index (χ3n) is 6.59. The number of carbonyl (C=O) groups excluding carboxylic acids is 2. The van der Waals surface area contributed by atoms with Gasteiger partial charge in [0.15, 0.2) is 6.10 Å². The van der Waals surface area contributed by atoms with Gasteiger partial charge in [-0.2, -0.15) is 0 Å². The quantitative estimate of drug-likeness (QED) is 0.236. The van der Waals surface area contributed by atoms with Gasteiger partial charge in [-0.05, 0) is 36.2 Å². The Bertz CT molecular complexity index is 1340. The molecule has 1 aliphatic heterocycles. The zero-order chi connectivity index (χ0) is 26.9. The molecule has 1 fully saturated rings. The van der Waals surface area contributed by atoms with Gasteiger partial charge in [-0.3, -0.25) is 19.7 Å². The lowest BCUT2D eigenvalue weighted by molar-refractivity contribution is -0.384. The second-order valence-electron chi connectivity index (χ2n) is 9.06. The van der Waals surface area contributed by atoms with E-state index in [1.54, 1.807) is 36.5 Å². The lowest BCUT2D eigenvalue weighted by Gasteiger charge is -2.43. The maximum Gasteiger partial charge on any atom is 0.303 e. The van der Waals surface area contributed by atoms with Crippen molar-refractivity contribution in [3.63, 3.8) is 0 Å². The van der Waals surface area contributed by atoms with Gasteiger partial charge in [-0.1, -0.05) is 25.4 Å². The summed E-state index contributed by atoms with van der Waals surface area (Å²) in [5.74, 6) is -0.821. The van der Waals surface area contributed by atoms with Crippen LogP contribution in [0.25, 0.3) is 16.6 Å². The molecule has 1 aliphatic rings. The summed E-state index contributed by atoms with van der Waals surface area (Å²) in [7, 11) is 0. The van der Waals surface area contributed by atoms with Crippen molar-refractivity contribution in [3.05, 3.63) is 63.8 Å². The summed E-state index contributed by atoms with van der Waals surface area (Å²) < 4.78 is 24.7. The number of halogens is 1. The van der Waals surface area contributed by atoms with Crippen LogP contribution in [-0.2, 0) is 23.8 Å². The van der Waals surface area contributed by atoms with Crippen molar-refractivity contribution in [2.24, 2.45) is 11.8 Å². The normalized spacial score (nSPS) is 23.4. The van der Waals surface area contributed by atoms with E-state index in [2.05, 4.69) is 0 Å². The number of esters is 2. The Hall–Kier alpha value is -3.63. The van der Waals surface area contributed by atoms with Crippen molar-refractivity contribution in [2.75, 3.05) is 6.61 Å². The first-order valence-electron chi connectivity index (χ1n) is 11.7. The lowest BCUT2D eigenvalue weighted by atomic mass is 9.83. The number of rotatable bonds is 7. The first-order chi connectivity index (χ1) is 17.5. The summed E-state index contributed by atoms with van der Waals surface area (Å²) in [5.41, 5.74) is 1.51. The SMILES string of the molecule is CC(=O)OCC1O[C@H](Oc2ccc(-n3ccc4cc([N+](=O)[O-])ccc43)cc2Cl)C(OC(C)=O)[C@@H](C)[C@@H]1C. The van der Waals surface area contributed by atoms with E-state index >= 15 is 0 Å². The molecule has 5 atom stereocenters. The fourth-order valence-corrected chi connectivity index (χ4v) is 4.65. The third kappa shape index (κ3) is 5.70. The zero-order valence-corrected chi connectivity index (χ0v) is 21.5. The van der Waals surface area contributed by atoms with Crippen LogP contribution in [0, 0.1) is 22.0 Å². The number of nitrogens with zero attached hydrogens (tertiary/aromatic N) is 2. The van der Waals surface area contributed by atoms with Crippen LogP contribution in [0.2, 0.25) is 5.02 Å². The van der Waals surface area contributed by atoms with Crippen LogP contribution in [0.3, 0.4) is 0 Å². The number of nitro groups is 1. The average Bonchev–Trinajstić information content (AvgIpc) is 3.27. The van der Waals surface area contributed by atoms with Crippen molar-refractivity contribution in [1.29, 1.82) is 0 Å². The molecular formula is C26H27ClN2O8. The van der Waals surface area contributed by atoms with Crippen LogP contribution in [0.4, 0.5) is 5.69 Å². The fraction of sp³-hybridized carbons (Fsp3) is 0.385. The molecule has 2 aromatic carbocycles. The van der Waals surface area contributed by atoms with Crippen molar-refractivity contribution in [2.45, 2.75) is 46.2 Å². The third-order valence-corrected chi connectivity index (χ3v) is 6.88. The molecule has 0 bridgehead atoms. The number of benzene rings is 2. The Balaban J connectivity index is 1.59. The summed E-state index contributed by atoms with van der Waals surface area (Å²) in [6.07, 6.45) is -0.360. The minimum atomic E-state index is -0.980. The van der Waals surface area contributed by atoms with Crippen LogP contribution < -0.4 is 4.74 Å². The van der Waals surface area contributed by atoms with E-state index in [9.17, 15) is 19.7 Å². The van der Waals surface area contributed by atoms with Crippen molar-refractivity contribution < 1.29 is 33.5 Å². The predicted molar refractivity (Wildman–Crippen MR) is 135 cm³/mol. The summed E-state index contributed by atoms with van der Waals surface area (Å²) in [6, 6.07) is 11.6. The number of non-ortho nitro benzene ring substituents is 1. The molecule has 37 heavy (non-hydrogen) atoms. The largest absolute Gasteiger partial charge is 0.463 e. The molecule has 196 valence electrons. The molecule has 1 aromatic heterocycles. The molecule has 0 amide bonds. The first-order valence-corrected chi connectivity index (χ1v) is 12.1. The number of ether oxygens (including phenoxy) is 4. The van der Waals surface area contributed by atoms with Crippen molar-refractivity contribution in [3.8, 4) is 11.4 Å². The van der Waals surface area contributed by atoms with Gasteiger partial charge in [0.25, 0.3) is 5.69 Å². The maximum absolute atomic E-state index is 11.8. The van der Waals surface area contributed by atoms with Crippen LogP contribution in [0.5, 0.6) is 5.75 Å². The molecule has 11 heteroatoms. The van der Waals surface area contributed by atoms with Gasteiger partial charge in [-0.15, -0.1) is 0 Å². The number of carbonyl (C=O) groups is 2. The number of aromatic nitrogens is 1. The summed E-state index contributed by atoms with van der Waals surface area (Å²) in [6.45, 7) is 6.53. The number of hydrogen-bond donors (Lipinski definition) is 0. The summed E-state index contributed by atoms with van der Waals surface area (Å²) in [5, 5.41) is 12.1. The Morgan fingerprint density at radius 2 is 1.84 bits per heavy atom. The lowest BCUT2D eigenvalue weighted by Crippen LogP contribution is -2.54. The van der Waals surface area contributed by atoms with Crippen LogP contribution in [-0.4, -0.2) is 46.5 Å². The Morgan fingerprint density at radius 1 is 1.08 bits per heavy atom. The zero-order valence-electron chi connectivity index (χ0n) is 20.8. The van der Waals surface area contributed by atoms with Crippen molar-refractivity contribution in [1.82, 2.24) is 4.57 Å². The van der Waals surface area contributed by atoms with Gasteiger partial charge in [0, 0.05) is 49.2 Å². The molecule has 0 radical (unpaired) electrons. The highest BCUT2D eigenvalue weighted by molar-refractivity contribution is 6.32. The molecule has 2 unspecified atom stereocenters. The van der Waals surface area contributed by atoms with E-state index < -0.39 is 35.4 Å². The van der Waals surface area contributed by atoms with Crippen LogP contribution in [0.15, 0.2) is 48.7 Å². The van der Waals surface area contributed by atoms with Crippen LogP contribution >= 0.6 is 11.6 Å². The van der Waals surface area contributed by atoms with E-state index in [1.807, 2.05) is 18.4 Å². The van der Waals surface area contributed by atoms with Gasteiger partial charge in [-0.25, -0.2) is 0 Å². The van der Waals surface area contributed by atoms with E-state index in [-0.39, 0.29) is 29.2 Å². The second kappa shape index (κ2) is 10.8. The molecule has 3 aromatic rings. The Labute approximate surface area is 218 Å². The highest BCUT2D eigenvalue weighted by Crippen LogP contribution is 2.37. The molecule has 0 saturated carbocycles. The van der Waals surface area contributed by atoms with E-state index in [1.165, 1.54) is 26.0 Å². The van der Waals surface area contributed by atoms with Gasteiger partial charge >= 0.3 is 11.9 Å². The van der Waals surface area contributed by atoms with E-state index in [4.69, 9.17) is 30.5 Å². The fourth-order valence-electron chi connectivity index (χ4n) is 4.43. The van der Waals surface area contributed by atoms with Gasteiger partial charge in [0.1, 0.15) is 12.4 Å². The van der Waals surface area contributed by atoms with Crippen molar-refractivity contribution >= 4 is 40.1 Å². The number of nitro benzene ring substituents is 1. The Kier molecular flexibility index (Phi) is 7.70. The topological polar surface area (TPSA) is 119 Å². The summed E-state index contributed by atoms with van der Waals surface area (Å²) in [4.78, 5) is 33.8. The van der Waals surface area contributed by atoms with Gasteiger partial charge < -0.3 is 23.5 Å². The van der Waals surface area contributed by atoms with Gasteiger partial charge in [0.05, 0.1) is 21.6 Å². The molecule has 10 nitrogen and oxygen atoms in total. The van der Waals surface area contributed by atoms with E-state index in [0.29, 0.717) is 11.1 Å². The summed E-state index contributed by atoms with van der Waals surface area (Å²) >= 11 is 6.58. The van der Waals surface area contributed by atoms with E-state index in [0.717, 1.165) is 11.2 Å². The number of hydrogen-bond acceptors (Lipinski definition) is 8. The smallest absolute Gasteiger partial charge is 0.303 e. The molecule has 0 N–H and O–H groups in total. The predicted octanol–water partition coefficient (Wildman–Crippen LogP) is 5.06. The standard InChI is InChI=1S/C26H27ClN2O8/c1-14-15(2)25(35-17(4)31)26(37-24(14)13-34-16(3)30)36-23-8-6-19(12-21(23)27)28-10-9-18-11-20(29(32)33)5-7-22(18)28/h5-12,14-15,24-26H,13H2,1-4H3/t14-,15-,24?,25?,26-/m0/s1. The van der Waals surface area contributed by atoms with Gasteiger partial charge in [0.2, 0.25) is 6.29 Å². The Morgan fingerprint density at radius 3 is 2.49 bits per heavy atom. The highest BCUT2D eigenvalue weighted by Gasteiger charge is 2.45.